The number of hydrogen-bond donors (Lipinski definition) is 0. The predicted molar refractivity (Wildman–Crippen MR) is 82.9 cm³/mol. The third-order valence-electron chi connectivity index (χ3n) is 4.14. The highest BCUT2D eigenvalue weighted by Crippen LogP contribution is 2.42. The van der Waals surface area contributed by atoms with Crippen molar-refractivity contribution in [1.82, 2.24) is 15.1 Å². The van der Waals surface area contributed by atoms with Crippen LogP contribution in [0.2, 0.25) is 0 Å². The molecule has 0 radical (unpaired) electrons. The molecule has 0 amide bonds. The summed E-state index contributed by atoms with van der Waals surface area (Å²) in [6.07, 6.45) is 0. The van der Waals surface area contributed by atoms with Crippen LogP contribution in [0.3, 0.4) is 0 Å². The van der Waals surface area contributed by atoms with Gasteiger partial charge in [-0.2, -0.15) is 0 Å². The molecule has 0 N–H and O–H groups in total. The van der Waals surface area contributed by atoms with Crippen LogP contribution >= 0.6 is 11.3 Å². The number of rotatable bonds is 3. The molecule has 1 fully saturated rings. The molecule has 2 heterocycles. The van der Waals surface area contributed by atoms with Crippen LogP contribution in [0.5, 0.6) is 0 Å². The fourth-order valence-corrected chi connectivity index (χ4v) is 3.96. The van der Waals surface area contributed by atoms with Gasteiger partial charge in [-0.25, -0.2) is 0 Å². The molecular formula is C16H21N3S. The van der Waals surface area contributed by atoms with Crippen LogP contribution in [0.1, 0.15) is 35.3 Å². The van der Waals surface area contributed by atoms with Crippen molar-refractivity contribution in [1.29, 1.82) is 0 Å². The minimum absolute atomic E-state index is 0.307. The van der Waals surface area contributed by atoms with Gasteiger partial charge in [-0.3, -0.25) is 4.90 Å². The Bertz CT molecular complexity index is 576. The Balaban J connectivity index is 1.75. The van der Waals surface area contributed by atoms with Gasteiger partial charge in [-0.15, -0.1) is 21.5 Å². The Labute approximate surface area is 124 Å². The summed E-state index contributed by atoms with van der Waals surface area (Å²) in [7, 11) is 0. The van der Waals surface area contributed by atoms with Crippen LogP contribution in [-0.4, -0.2) is 28.2 Å². The van der Waals surface area contributed by atoms with Crippen molar-refractivity contribution in [3.63, 3.8) is 0 Å². The summed E-state index contributed by atoms with van der Waals surface area (Å²) in [6.45, 7) is 9.91. The third kappa shape index (κ3) is 2.76. The molecule has 106 valence electrons. The summed E-state index contributed by atoms with van der Waals surface area (Å²) < 4.78 is 0. The standard InChI is InChI=1S/C16H21N3S/c1-12-17-18-15(20-12)10-19-9-14(16(2,3)11-19)13-7-5-4-6-8-13/h4-8,14H,9-11H2,1-3H3/t14-/m0/s1. The van der Waals surface area contributed by atoms with Crippen molar-refractivity contribution in [2.45, 2.75) is 33.2 Å². The van der Waals surface area contributed by atoms with Gasteiger partial charge < -0.3 is 0 Å². The van der Waals surface area contributed by atoms with Gasteiger partial charge in [-0.05, 0) is 17.9 Å². The second-order valence-corrected chi connectivity index (χ2v) is 7.60. The van der Waals surface area contributed by atoms with Crippen molar-refractivity contribution in [2.24, 2.45) is 5.41 Å². The molecule has 0 bridgehead atoms. The van der Waals surface area contributed by atoms with Crippen LogP contribution in [-0.2, 0) is 6.54 Å². The second-order valence-electron chi connectivity index (χ2n) is 6.34. The molecule has 1 aromatic carbocycles. The molecule has 3 rings (SSSR count). The SMILES string of the molecule is Cc1nnc(CN2C[C@@H](c3ccccc3)C(C)(C)C2)s1. The number of nitrogens with zero attached hydrogens (tertiary/aromatic N) is 3. The van der Waals surface area contributed by atoms with Gasteiger partial charge in [0.2, 0.25) is 0 Å². The summed E-state index contributed by atoms with van der Waals surface area (Å²) in [5.74, 6) is 0.595. The van der Waals surface area contributed by atoms with E-state index >= 15 is 0 Å². The van der Waals surface area contributed by atoms with Gasteiger partial charge in [0.25, 0.3) is 0 Å². The van der Waals surface area contributed by atoms with Gasteiger partial charge in [0, 0.05) is 19.0 Å². The van der Waals surface area contributed by atoms with Crippen molar-refractivity contribution in [3.05, 3.63) is 45.9 Å². The lowest BCUT2D eigenvalue weighted by Gasteiger charge is -2.26. The minimum Gasteiger partial charge on any atom is -0.295 e. The quantitative estimate of drug-likeness (QED) is 0.865. The summed E-state index contributed by atoms with van der Waals surface area (Å²) in [6, 6.07) is 10.9. The highest BCUT2D eigenvalue weighted by atomic mass is 32.1. The molecule has 0 saturated carbocycles. The number of likely N-dealkylation sites (tertiary alicyclic amines) is 1. The van der Waals surface area contributed by atoms with E-state index < -0.39 is 0 Å². The molecule has 1 aliphatic rings. The Hall–Kier alpha value is -1.26. The summed E-state index contributed by atoms with van der Waals surface area (Å²) >= 11 is 1.71. The predicted octanol–water partition coefficient (Wildman–Crippen LogP) is 3.47. The van der Waals surface area contributed by atoms with Crippen LogP contribution in [0.4, 0.5) is 0 Å². The van der Waals surface area contributed by atoms with Crippen molar-refractivity contribution in [3.8, 4) is 0 Å². The summed E-state index contributed by atoms with van der Waals surface area (Å²) in [5, 5.41) is 10.6. The molecule has 1 aliphatic heterocycles. The number of aromatic nitrogens is 2. The topological polar surface area (TPSA) is 29.0 Å². The first kappa shape index (κ1) is 13.7. The smallest absolute Gasteiger partial charge is 0.131 e. The maximum atomic E-state index is 4.25. The molecule has 20 heavy (non-hydrogen) atoms. The molecular weight excluding hydrogens is 266 g/mol. The Morgan fingerprint density at radius 3 is 2.65 bits per heavy atom. The Morgan fingerprint density at radius 2 is 2.00 bits per heavy atom. The number of hydrogen-bond acceptors (Lipinski definition) is 4. The average Bonchev–Trinajstić information content (AvgIpc) is 2.94. The van der Waals surface area contributed by atoms with Crippen LogP contribution in [0.25, 0.3) is 0 Å². The molecule has 1 saturated heterocycles. The Morgan fingerprint density at radius 1 is 1.25 bits per heavy atom. The van der Waals surface area contributed by atoms with E-state index in [-0.39, 0.29) is 0 Å². The summed E-state index contributed by atoms with van der Waals surface area (Å²) in [4.78, 5) is 2.51. The van der Waals surface area contributed by atoms with Crippen molar-refractivity contribution >= 4 is 11.3 Å². The van der Waals surface area contributed by atoms with Crippen molar-refractivity contribution in [2.75, 3.05) is 13.1 Å². The maximum absolute atomic E-state index is 4.25. The lowest BCUT2D eigenvalue weighted by atomic mass is 9.78. The zero-order valence-corrected chi connectivity index (χ0v) is 13.2. The number of benzene rings is 1. The fraction of sp³-hybridized carbons (Fsp3) is 0.500. The summed E-state index contributed by atoms with van der Waals surface area (Å²) in [5.41, 5.74) is 1.76. The lowest BCUT2D eigenvalue weighted by molar-refractivity contribution is 0.281. The molecule has 0 spiro atoms. The van der Waals surface area contributed by atoms with Gasteiger partial charge in [-0.1, -0.05) is 44.2 Å². The van der Waals surface area contributed by atoms with E-state index in [4.69, 9.17) is 0 Å². The molecule has 0 aliphatic carbocycles. The van der Waals surface area contributed by atoms with E-state index in [1.807, 2.05) is 6.92 Å². The zero-order chi connectivity index (χ0) is 14.2. The van der Waals surface area contributed by atoms with Crippen LogP contribution < -0.4 is 0 Å². The van der Waals surface area contributed by atoms with Gasteiger partial charge in [0.1, 0.15) is 10.0 Å². The zero-order valence-electron chi connectivity index (χ0n) is 12.3. The molecule has 4 heteroatoms. The third-order valence-corrected chi connectivity index (χ3v) is 4.97. The van der Waals surface area contributed by atoms with Gasteiger partial charge in [0.15, 0.2) is 0 Å². The molecule has 1 atom stereocenters. The Kier molecular flexibility index (Phi) is 3.61. The minimum atomic E-state index is 0.307. The van der Waals surface area contributed by atoms with E-state index in [1.165, 1.54) is 5.56 Å². The normalized spacial score (nSPS) is 22.2. The highest BCUT2D eigenvalue weighted by molar-refractivity contribution is 7.11. The first-order valence-corrected chi connectivity index (χ1v) is 7.92. The fourth-order valence-electron chi connectivity index (χ4n) is 3.21. The largest absolute Gasteiger partial charge is 0.295 e. The van der Waals surface area contributed by atoms with E-state index in [1.54, 1.807) is 11.3 Å². The molecule has 0 unspecified atom stereocenters. The monoisotopic (exact) mass is 287 g/mol. The lowest BCUT2D eigenvalue weighted by Crippen LogP contribution is -2.23. The number of aryl methyl sites for hydroxylation is 1. The molecule has 2 aromatic rings. The second kappa shape index (κ2) is 5.26. The van der Waals surface area contributed by atoms with Crippen molar-refractivity contribution < 1.29 is 0 Å². The molecule has 1 aromatic heterocycles. The molecule has 3 nitrogen and oxygen atoms in total. The van der Waals surface area contributed by atoms with Crippen LogP contribution in [0.15, 0.2) is 30.3 Å². The van der Waals surface area contributed by atoms with Gasteiger partial charge in [0.05, 0.1) is 6.54 Å². The van der Waals surface area contributed by atoms with E-state index in [0.29, 0.717) is 11.3 Å². The maximum Gasteiger partial charge on any atom is 0.131 e. The van der Waals surface area contributed by atoms with E-state index in [9.17, 15) is 0 Å². The van der Waals surface area contributed by atoms with E-state index in [0.717, 1.165) is 29.6 Å². The van der Waals surface area contributed by atoms with Crippen LogP contribution in [0, 0.1) is 12.3 Å². The first-order valence-electron chi connectivity index (χ1n) is 7.11. The average molecular weight is 287 g/mol. The highest BCUT2D eigenvalue weighted by Gasteiger charge is 2.40. The first-order chi connectivity index (χ1) is 9.54. The van der Waals surface area contributed by atoms with Gasteiger partial charge >= 0.3 is 0 Å². The van der Waals surface area contributed by atoms with E-state index in [2.05, 4.69) is 59.3 Å².